The van der Waals surface area contributed by atoms with Gasteiger partial charge in [-0.15, -0.1) is 9.25 Å². The maximum atomic E-state index is 10.9. The van der Waals surface area contributed by atoms with Crippen LogP contribution in [0.1, 0.15) is 0 Å². The van der Waals surface area contributed by atoms with Crippen LogP contribution in [0, 0.1) is 56.7 Å². The lowest BCUT2D eigenvalue weighted by molar-refractivity contribution is -0.695. The summed E-state index contributed by atoms with van der Waals surface area (Å²) in [6.45, 7) is -0.940. The van der Waals surface area contributed by atoms with Crippen molar-refractivity contribution in [2.75, 3.05) is 26.4 Å². The smallest absolute Gasteiger partial charge is 0.310 e. The first-order valence-corrected chi connectivity index (χ1v) is 9.98. The van der Waals surface area contributed by atoms with E-state index in [4.69, 9.17) is 38.2 Å². The molecule has 24 nitrogen and oxygen atoms in total. The molecule has 0 bridgehead atoms. The third-order valence-corrected chi connectivity index (χ3v) is 5.20. The number of hydroxylamine groups is 2. The van der Waals surface area contributed by atoms with E-state index in [0.29, 0.717) is 0 Å². The molecule has 0 radical (unpaired) electrons. The fourth-order valence-corrected chi connectivity index (χ4v) is 4.26. The van der Waals surface area contributed by atoms with Crippen molar-refractivity contribution in [3.05, 3.63) is 40.5 Å². The van der Waals surface area contributed by atoms with Gasteiger partial charge >= 0.3 is 29.1 Å². The van der Waals surface area contributed by atoms with Crippen LogP contribution in [-0.2, 0) is 27.3 Å². The van der Waals surface area contributed by atoms with Crippen LogP contribution in [0.2, 0.25) is 0 Å². The van der Waals surface area contributed by atoms with Gasteiger partial charge in [0.15, 0.2) is 20.1 Å². The van der Waals surface area contributed by atoms with Crippen LogP contribution < -0.4 is 10.9 Å². The van der Waals surface area contributed by atoms with Crippen LogP contribution >= 0.6 is 17.2 Å². The van der Waals surface area contributed by atoms with Crippen molar-refractivity contribution in [2.24, 2.45) is 5.41 Å². The lowest BCUT2D eigenvalue weighted by atomic mass is 9.93. The van der Waals surface area contributed by atoms with Crippen LogP contribution in [-0.4, -0.2) is 68.8 Å². The van der Waals surface area contributed by atoms with Crippen LogP contribution in [0.5, 0.6) is 0 Å². The average molecular weight is 522 g/mol. The minimum absolute atomic E-state index is 0.235. The summed E-state index contributed by atoms with van der Waals surface area (Å²) in [6.07, 6.45) is 0. The quantitative estimate of drug-likeness (QED) is 0.0956. The van der Waals surface area contributed by atoms with E-state index in [9.17, 15) is 40.5 Å². The number of guanidine groups is 2. The molecule has 2 aliphatic rings. The number of hydrogen-bond acceptors (Lipinski definition) is 16. The molecule has 2 rings (SSSR count). The highest BCUT2D eigenvalue weighted by Crippen LogP contribution is 2.53. The van der Waals surface area contributed by atoms with Crippen molar-refractivity contribution in [2.45, 2.75) is 0 Å². The van der Waals surface area contributed by atoms with E-state index < -0.39 is 54.7 Å². The van der Waals surface area contributed by atoms with Crippen LogP contribution in [0.15, 0.2) is 0 Å². The van der Waals surface area contributed by atoms with Crippen LogP contribution in [0.4, 0.5) is 0 Å². The highest BCUT2D eigenvalue weighted by molar-refractivity contribution is 7.42. The molecule has 0 saturated carbocycles. The third-order valence-electron chi connectivity index (χ3n) is 3.27. The van der Waals surface area contributed by atoms with Gasteiger partial charge in [-0.1, -0.05) is 10.9 Å². The topological polar surface area (TPSA) is 306 Å². The molecule has 0 atom stereocenters. The van der Waals surface area contributed by atoms with E-state index in [1.165, 1.54) is 10.9 Å². The summed E-state index contributed by atoms with van der Waals surface area (Å²) in [5.74, 6) is -2.67. The second kappa shape index (κ2) is 11.1. The third kappa shape index (κ3) is 7.40. The zero-order valence-electron chi connectivity index (χ0n) is 15.6. The summed E-state index contributed by atoms with van der Waals surface area (Å²) in [5, 5.41) is 51.2. The lowest BCUT2D eigenvalue weighted by Crippen LogP contribution is -2.48. The fourth-order valence-electron chi connectivity index (χ4n) is 1.87. The average Bonchev–Trinajstić information content (AvgIpc) is 2.71. The Morgan fingerprint density at radius 2 is 1.06 bits per heavy atom. The Hall–Kier alpha value is -3.24. The number of nitro groups is 4. The van der Waals surface area contributed by atoms with Crippen molar-refractivity contribution >= 4 is 29.1 Å². The van der Waals surface area contributed by atoms with Gasteiger partial charge in [0, 0.05) is 0 Å². The second-order valence-electron chi connectivity index (χ2n) is 5.66. The molecular formula is C7H12N10O14P2. The Kier molecular flexibility index (Phi) is 8.72. The van der Waals surface area contributed by atoms with Gasteiger partial charge in [-0.3, -0.25) is 10.8 Å². The molecule has 0 aromatic rings. The van der Waals surface area contributed by atoms with E-state index >= 15 is 0 Å². The molecule has 33 heavy (non-hydrogen) atoms. The van der Waals surface area contributed by atoms with Gasteiger partial charge in [-0.2, -0.15) is 0 Å². The normalized spacial score (nSPS) is 24.4. The van der Waals surface area contributed by atoms with Gasteiger partial charge in [0.1, 0.15) is 0 Å². The zero-order valence-corrected chi connectivity index (χ0v) is 17.4. The molecule has 0 unspecified atom stereocenters. The van der Waals surface area contributed by atoms with E-state index in [-0.39, 0.29) is 36.8 Å². The maximum Gasteiger partial charge on any atom is 0.362 e. The molecule has 26 heteroatoms. The Labute approximate surface area is 182 Å². The molecule has 2 heterocycles. The zero-order chi connectivity index (χ0) is 24.8. The monoisotopic (exact) mass is 522 g/mol. The predicted octanol–water partition coefficient (Wildman–Crippen LogP) is -1.20. The molecule has 0 aromatic carbocycles. The van der Waals surface area contributed by atoms with E-state index in [1.807, 2.05) is 0 Å². The fraction of sp³-hybridized carbons (Fsp3) is 0.714. The molecule has 0 aromatic heterocycles. The number of hydrazine groups is 4. The Morgan fingerprint density at radius 3 is 1.30 bits per heavy atom. The molecule has 2 fully saturated rings. The van der Waals surface area contributed by atoms with Gasteiger partial charge in [-0.25, -0.2) is 40.5 Å². The largest absolute Gasteiger partial charge is 0.362 e. The lowest BCUT2D eigenvalue weighted by Gasteiger charge is -2.41. The highest BCUT2D eigenvalue weighted by Gasteiger charge is 2.47. The SMILES string of the molecule is N=C(N[N+](=O)[O-])N(OP1OCC2(CO1)COP(ON(C(=N)N[N+](=O)[O-])[N+](=O)[O-])OC2)[N+](=O)[O-]. The second-order valence-corrected chi connectivity index (χ2v) is 7.91. The Balaban J connectivity index is 1.86. The molecule has 2 saturated heterocycles. The van der Waals surface area contributed by atoms with Crippen molar-refractivity contribution in [3.8, 4) is 0 Å². The summed E-state index contributed by atoms with van der Waals surface area (Å²) < 4.78 is 30.2. The first kappa shape index (κ1) is 26.0. The maximum absolute atomic E-state index is 10.9. The standard InChI is InChI=1S/C7H12N10O14P2/c8-5(10-14(18)19)12(16(22)23)30-32-26-1-7(2-27-32)3-28-33(29-4-7)31-13(17(24)25)6(9)11-15(20)21/h1-4H2,(H2,8,10)(H2,9,11). The highest BCUT2D eigenvalue weighted by atomic mass is 31.2. The summed E-state index contributed by atoms with van der Waals surface area (Å²) in [7, 11) is -4.91. The first-order valence-electron chi connectivity index (χ1n) is 7.78. The van der Waals surface area contributed by atoms with Crippen molar-refractivity contribution < 1.29 is 47.5 Å². The number of rotatable bonds is 8. The summed E-state index contributed by atoms with van der Waals surface area (Å²) in [6, 6.07) is 0. The number of nitrogens with zero attached hydrogens (tertiary/aromatic N) is 6. The molecular weight excluding hydrogens is 510 g/mol. The van der Waals surface area contributed by atoms with E-state index in [1.54, 1.807) is 0 Å². The van der Waals surface area contributed by atoms with Gasteiger partial charge < -0.3 is 18.1 Å². The number of hydrogen-bond donors (Lipinski definition) is 4. The van der Waals surface area contributed by atoms with Crippen LogP contribution in [0.3, 0.4) is 0 Å². The molecule has 4 N–H and O–H groups in total. The summed E-state index contributed by atoms with van der Waals surface area (Å²) in [4.78, 5) is 42.5. The van der Waals surface area contributed by atoms with Crippen molar-refractivity contribution in [1.29, 1.82) is 10.8 Å². The molecule has 0 amide bonds. The van der Waals surface area contributed by atoms with Crippen LogP contribution in [0.25, 0.3) is 0 Å². The van der Waals surface area contributed by atoms with E-state index in [0.717, 1.165) is 0 Å². The molecule has 2 aliphatic heterocycles. The summed E-state index contributed by atoms with van der Waals surface area (Å²) in [5.41, 5.74) is 1.43. The Bertz CT molecular complexity index is 745. The van der Waals surface area contributed by atoms with Crippen molar-refractivity contribution in [1.82, 2.24) is 21.2 Å². The Morgan fingerprint density at radius 1 is 0.758 bits per heavy atom. The minimum Gasteiger partial charge on any atom is -0.310 e. The summed E-state index contributed by atoms with van der Waals surface area (Å²) >= 11 is 0. The minimum atomic E-state index is -2.46. The van der Waals surface area contributed by atoms with E-state index in [2.05, 4.69) is 0 Å². The number of nitrogens with one attached hydrogen (secondary N) is 4. The van der Waals surface area contributed by atoms with Gasteiger partial charge in [0.2, 0.25) is 0 Å². The van der Waals surface area contributed by atoms with Crippen molar-refractivity contribution in [3.63, 3.8) is 0 Å². The molecule has 0 aliphatic carbocycles. The van der Waals surface area contributed by atoms with Gasteiger partial charge in [-0.05, 0) is 0 Å². The predicted molar refractivity (Wildman–Crippen MR) is 95.6 cm³/mol. The van der Waals surface area contributed by atoms with Gasteiger partial charge in [0.25, 0.3) is 0 Å². The van der Waals surface area contributed by atoms with Gasteiger partial charge in [0.05, 0.1) is 42.2 Å². The first-order chi connectivity index (χ1) is 15.4. The molecule has 1 spiro atoms. The molecule has 184 valence electrons.